The van der Waals surface area contributed by atoms with E-state index in [1.807, 2.05) is 48.7 Å². The summed E-state index contributed by atoms with van der Waals surface area (Å²) in [6, 6.07) is 14.1. The summed E-state index contributed by atoms with van der Waals surface area (Å²) in [6.45, 7) is 4.03. The molecule has 2 unspecified atom stereocenters. The molecule has 0 spiro atoms. The minimum atomic E-state index is -1.12. The van der Waals surface area contributed by atoms with Gasteiger partial charge in [0.25, 0.3) is 0 Å². The second-order valence-electron chi connectivity index (χ2n) is 5.53. The number of hydrogen-bond acceptors (Lipinski definition) is 2. The third-order valence-corrected chi connectivity index (χ3v) is 5.12. The Hall–Kier alpha value is -1.23. The van der Waals surface area contributed by atoms with E-state index in [-0.39, 0.29) is 0 Å². The Morgan fingerprint density at radius 3 is 2.67 bits per heavy atom. The zero-order chi connectivity index (χ0) is 15.2. The van der Waals surface area contributed by atoms with E-state index >= 15 is 0 Å². The van der Waals surface area contributed by atoms with E-state index < -0.39 is 11.0 Å². The average molecular weight is 304 g/mol. The Balaban J connectivity index is 2.14. The van der Waals surface area contributed by atoms with Gasteiger partial charge < -0.3 is 5.32 Å². The molecule has 2 aromatic carbocycles. The van der Waals surface area contributed by atoms with E-state index in [4.69, 9.17) is 0 Å². The SMILES string of the molecule is CNCCC(C)CN(C)S(=O)c1cccc2ccccc12. The van der Waals surface area contributed by atoms with E-state index in [0.717, 1.165) is 35.2 Å². The molecule has 0 saturated carbocycles. The van der Waals surface area contributed by atoms with Crippen LogP contribution >= 0.6 is 0 Å². The summed E-state index contributed by atoms with van der Waals surface area (Å²) >= 11 is 0. The molecule has 21 heavy (non-hydrogen) atoms. The van der Waals surface area contributed by atoms with Crippen LogP contribution in [0.15, 0.2) is 47.4 Å². The van der Waals surface area contributed by atoms with Crippen LogP contribution < -0.4 is 5.32 Å². The molecule has 0 aliphatic heterocycles. The van der Waals surface area contributed by atoms with Crippen molar-refractivity contribution in [2.45, 2.75) is 18.2 Å². The largest absolute Gasteiger partial charge is 0.320 e. The molecule has 0 aromatic heterocycles. The monoisotopic (exact) mass is 304 g/mol. The molecule has 0 heterocycles. The van der Waals surface area contributed by atoms with Crippen molar-refractivity contribution in [3.05, 3.63) is 42.5 Å². The fourth-order valence-electron chi connectivity index (χ4n) is 2.50. The quantitative estimate of drug-likeness (QED) is 0.853. The van der Waals surface area contributed by atoms with Gasteiger partial charge in [-0.3, -0.25) is 0 Å². The van der Waals surface area contributed by atoms with Crippen molar-refractivity contribution < 1.29 is 4.21 Å². The van der Waals surface area contributed by atoms with E-state index in [9.17, 15) is 4.21 Å². The summed E-state index contributed by atoms with van der Waals surface area (Å²) in [5, 5.41) is 5.38. The summed E-state index contributed by atoms with van der Waals surface area (Å²) in [5.74, 6) is 0.515. The molecule has 2 atom stereocenters. The van der Waals surface area contributed by atoms with Gasteiger partial charge in [0.1, 0.15) is 11.0 Å². The Labute approximate surface area is 129 Å². The van der Waals surface area contributed by atoms with Gasteiger partial charge in [0.05, 0.1) is 4.90 Å². The highest BCUT2D eigenvalue weighted by atomic mass is 32.2. The Morgan fingerprint density at radius 2 is 1.90 bits per heavy atom. The van der Waals surface area contributed by atoms with Crippen molar-refractivity contribution in [1.82, 2.24) is 9.62 Å². The molecular weight excluding hydrogens is 280 g/mol. The first-order valence-electron chi connectivity index (χ1n) is 7.39. The Kier molecular flexibility index (Phi) is 5.91. The summed E-state index contributed by atoms with van der Waals surface area (Å²) in [5.41, 5.74) is 0. The number of hydrogen-bond donors (Lipinski definition) is 1. The molecule has 3 nitrogen and oxygen atoms in total. The van der Waals surface area contributed by atoms with Gasteiger partial charge >= 0.3 is 0 Å². The van der Waals surface area contributed by atoms with Gasteiger partial charge in [0.2, 0.25) is 0 Å². The highest BCUT2D eigenvalue weighted by Crippen LogP contribution is 2.23. The number of fused-ring (bicyclic) bond motifs is 1. The summed E-state index contributed by atoms with van der Waals surface area (Å²) in [6.07, 6.45) is 1.09. The molecular formula is C17H24N2OS. The maximum atomic E-state index is 12.8. The van der Waals surface area contributed by atoms with Gasteiger partial charge in [-0.1, -0.05) is 43.3 Å². The molecule has 0 radical (unpaired) electrons. The van der Waals surface area contributed by atoms with Crippen molar-refractivity contribution in [2.24, 2.45) is 5.92 Å². The lowest BCUT2D eigenvalue weighted by Crippen LogP contribution is -2.28. The lowest BCUT2D eigenvalue weighted by Gasteiger charge is -2.21. The smallest absolute Gasteiger partial charge is 0.127 e. The molecule has 0 aliphatic rings. The van der Waals surface area contributed by atoms with Gasteiger partial charge in [0, 0.05) is 13.6 Å². The average Bonchev–Trinajstić information content (AvgIpc) is 2.51. The molecule has 0 amide bonds. The van der Waals surface area contributed by atoms with E-state index in [0.29, 0.717) is 5.92 Å². The van der Waals surface area contributed by atoms with Crippen LogP contribution in [0.4, 0.5) is 0 Å². The molecule has 0 aliphatic carbocycles. The number of nitrogens with one attached hydrogen (secondary N) is 1. The number of nitrogens with zero attached hydrogens (tertiary/aromatic N) is 1. The lowest BCUT2D eigenvalue weighted by atomic mass is 10.1. The van der Waals surface area contributed by atoms with E-state index in [1.54, 1.807) is 0 Å². The molecule has 0 bridgehead atoms. The van der Waals surface area contributed by atoms with Crippen LogP contribution in [0.3, 0.4) is 0 Å². The minimum absolute atomic E-state index is 0.515. The first-order valence-corrected chi connectivity index (χ1v) is 8.49. The van der Waals surface area contributed by atoms with E-state index in [1.165, 1.54) is 0 Å². The normalized spacial score (nSPS) is 14.5. The maximum absolute atomic E-state index is 12.8. The fourth-order valence-corrected chi connectivity index (χ4v) is 3.80. The zero-order valence-electron chi connectivity index (χ0n) is 13.0. The molecule has 114 valence electrons. The van der Waals surface area contributed by atoms with Crippen LogP contribution in [-0.2, 0) is 11.0 Å². The standard InChI is InChI=1S/C17H24N2OS/c1-14(11-12-18-2)13-19(3)21(20)17-10-6-8-15-7-4-5-9-16(15)17/h4-10,14,18H,11-13H2,1-3H3. The van der Waals surface area contributed by atoms with Gasteiger partial charge in [-0.2, -0.15) is 0 Å². The molecule has 4 heteroatoms. The van der Waals surface area contributed by atoms with Crippen LogP contribution in [0, 0.1) is 5.92 Å². The third kappa shape index (κ3) is 4.13. The molecule has 1 N–H and O–H groups in total. The Bertz CT molecular complexity index is 609. The number of benzene rings is 2. The van der Waals surface area contributed by atoms with Crippen LogP contribution in [0.2, 0.25) is 0 Å². The summed E-state index contributed by atoms with van der Waals surface area (Å²) in [7, 11) is 2.79. The van der Waals surface area contributed by atoms with Crippen LogP contribution in [-0.4, -0.2) is 35.7 Å². The predicted octanol–water partition coefficient (Wildman–Crippen LogP) is 3.04. The Morgan fingerprint density at radius 1 is 1.19 bits per heavy atom. The van der Waals surface area contributed by atoms with Crippen molar-refractivity contribution in [3.8, 4) is 0 Å². The van der Waals surface area contributed by atoms with Gasteiger partial charge in [-0.25, -0.2) is 8.51 Å². The summed E-state index contributed by atoms with van der Waals surface area (Å²) in [4.78, 5) is 0.899. The first kappa shape index (κ1) is 16.1. The molecule has 0 fully saturated rings. The lowest BCUT2D eigenvalue weighted by molar-refractivity contribution is 0.401. The maximum Gasteiger partial charge on any atom is 0.127 e. The van der Waals surface area contributed by atoms with Crippen molar-refractivity contribution in [1.29, 1.82) is 0 Å². The van der Waals surface area contributed by atoms with Gasteiger partial charge in [-0.15, -0.1) is 0 Å². The van der Waals surface area contributed by atoms with Gasteiger partial charge in [-0.05, 0) is 42.8 Å². The van der Waals surface area contributed by atoms with Crippen molar-refractivity contribution >= 4 is 21.8 Å². The van der Waals surface area contributed by atoms with Crippen molar-refractivity contribution in [2.75, 3.05) is 27.2 Å². The second kappa shape index (κ2) is 7.69. The minimum Gasteiger partial charge on any atom is -0.320 e. The summed E-state index contributed by atoms with van der Waals surface area (Å²) < 4.78 is 14.7. The molecule has 2 rings (SSSR count). The van der Waals surface area contributed by atoms with Crippen LogP contribution in [0.1, 0.15) is 13.3 Å². The second-order valence-corrected chi connectivity index (χ2v) is 7.10. The van der Waals surface area contributed by atoms with Crippen LogP contribution in [0.25, 0.3) is 10.8 Å². The van der Waals surface area contributed by atoms with Crippen molar-refractivity contribution in [3.63, 3.8) is 0 Å². The third-order valence-electron chi connectivity index (χ3n) is 3.68. The molecule has 2 aromatic rings. The van der Waals surface area contributed by atoms with E-state index in [2.05, 4.69) is 24.4 Å². The molecule has 0 saturated heterocycles. The van der Waals surface area contributed by atoms with Gasteiger partial charge in [0.15, 0.2) is 0 Å². The zero-order valence-corrected chi connectivity index (χ0v) is 13.8. The number of rotatable bonds is 7. The first-order chi connectivity index (χ1) is 10.1. The predicted molar refractivity (Wildman–Crippen MR) is 90.7 cm³/mol. The fraction of sp³-hybridized carbons (Fsp3) is 0.412. The topological polar surface area (TPSA) is 32.3 Å². The highest BCUT2D eigenvalue weighted by molar-refractivity contribution is 7.82. The van der Waals surface area contributed by atoms with Crippen LogP contribution in [0.5, 0.6) is 0 Å². The highest BCUT2D eigenvalue weighted by Gasteiger charge is 2.15.